The van der Waals surface area contributed by atoms with Gasteiger partial charge in [0.05, 0.1) is 41.5 Å². The van der Waals surface area contributed by atoms with Crippen LogP contribution in [-0.4, -0.2) is 74.4 Å². The standard InChI is InChI=1S/2C13H14BrNO4/c2*1-18-12(16)11-6-9-8(4-3-5-10(9)14)7-15(11)13(17)19-2/h2*3-5,11H,6-7H2,1-2H3/t2*11-/m11/s1. The third-order valence-electron chi connectivity index (χ3n) is 6.43. The van der Waals surface area contributed by atoms with Gasteiger partial charge in [0.2, 0.25) is 0 Å². The zero-order valence-corrected chi connectivity index (χ0v) is 24.5. The molecule has 0 saturated heterocycles. The highest BCUT2D eigenvalue weighted by molar-refractivity contribution is 9.10. The summed E-state index contributed by atoms with van der Waals surface area (Å²) in [5.41, 5.74) is 4.05. The van der Waals surface area contributed by atoms with E-state index in [4.69, 9.17) is 18.9 Å². The van der Waals surface area contributed by atoms with E-state index in [-0.39, 0.29) is 0 Å². The van der Waals surface area contributed by atoms with E-state index in [0.717, 1.165) is 31.2 Å². The van der Waals surface area contributed by atoms with Crippen molar-refractivity contribution in [1.29, 1.82) is 0 Å². The number of nitrogens with zero attached hydrogens (tertiary/aromatic N) is 2. The molecule has 2 atom stereocenters. The van der Waals surface area contributed by atoms with Gasteiger partial charge in [0, 0.05) is 21.8 Å². The number of esters is 2. The van der Waals surface area contributed by atoms with Gasteiger partial charge < -0.3 is 18.9 Å². The van der Waals surface area contributed by atoms with Crippen molar-refractivity contribution in [2.75, 3.05) is 28.4 Å². The minimum absolute atomic E-state index is 0.335. The van der Waals surface area contributed by atoms with Crippen LogP contribution in [0.25, 0.3) is 0 Å². The summed E-state index contributed by atoms with van der Waals surface area (Å²) >= 11 is 6.94. The normalized spacial score (nSPS) is 17.6. The van der Waals surface area contributed by atoms with Crippen LogP contribution in [0, 0.1) is 0 Å². The third kappa shape index (κ3) is 6.29. The maximum absolute atomic E-state index is 11.8. The zero-order valence-electron chi connectivity index (χ0n) is 21.4. The molecule has 2 aromatic rings. The Labute approximate surface area is 237 Å². The van der Waals surface area contributed by atoms with Crippen LogP contribution in [-0.2, 0) is 54.5 Å². The fraction of sp³-hybridized carbons (Fsp3) is 0.385. The van der Waals surface area contributed by atoms with Crippen LogP contribution in [0.2, 0.25) is 0 Å². The fourth-order valence-electron chi connectivity index (χ4n) is 4.47. The highest BCUT2D eigenvalue weighted by atomic mass is 79.9. The molecule has 0 radical (unpaired) electrons. The number of hydrogen-bond donors (Lipinski definition) is 0. The summed E-state index contributed by atoms with van der Waals surface area (Å²) in [5, 5.41) is 0. The molecule has 0 aliphatic carbocycles. The molecule has 2 heterocycles. The Kier molecular flexibility index (Phi) is 10.1. The van der Waals surface area contributed by atoms with Gasteiger partial charge in [0.15, 0.2) is 0 Å². The maximum Gasteiger partial charge on any atom is 0.410 e. The SMILES string of the molecule is COC(=O)[C@H]1Cc2c(Br)cccc2CN1C(=O)OC.COC(=O)[C@H]1Cc2c(Br)cccc2CN1C(=O)OC. The van der Waals surface area contributed by atoms with E-state index in [1.54, 1.807) is 0 Å². The third-order valence-corrected chi connectivity index (χ3v) is 7.91. The van der Waals surface area contributed by atoms with Crippen molar-refractivity contribution in [3.63, 3.8) is 0 Å². The average Bonchev–Trinajstić information content (AvgIpc) is 2.95. The van der Waals surface area contributed by atoms with Gasteiger partial charge in [0.25, 0.3) is 0 Å². The molecule has 4 rings (SSSR count). The number of ether oxygens (including phenoxy) is 4. The van der Waals surface area contributed by atoms with Crippen molar-refractivity contribution < 1.29 is 38.1 Å². The topological polar surface area (TPSA) is 112 Å². The van der Waals surface area contributed by atoms with Crippen LogP contribution in [0.4, 0.5) is 9.59 Å². The van der Waals surface area contributed by atoms with E-state index in [1.165, 1.54) is 38.2 Å². The summed E-state index contributed by atoms with van der Waals surface area (Å²) in [4.78, 5) is 50.0. The molecule has 0 aromatic heterocycles. The van der Waals surface area contributed by atoms with Gasteiger partial charge in [-0.05, 0) is 34.4 Å². The molecule has 38 heavy (non-hydrogen) atoms. The van der Waals surface area contributed by atoms with Gasteiger partial charge in [-0.3, -0.25) is 9.80 Å². The van der Waals surface area contributed by atoms with E-state index in [1.807, 2.05) is 36.4 Å². The van der Waals surface area contributed by atoms with Gasteiger partial charge in [-0.1, -0.05) is 56.1 Å². The molecule has 204 valence electrons. The summed E-state index contributed by atoms with van der Waals surface area (Å²) in [6, 6.07) is 10.2. The van der Waals surface area contributed by atoms with Gasteiger partial charge in [-0.15, -0.1) is 0 Å². The van der Waals surface area contributed by atoms with Crippen LogP contribution < -0.4 is 0 Å². The van der Waals surface area contributed by atoms with Gasteiger partial charge >= 0.3 is 24.1 Å². The number of carbonyl (C=O) groups excluding carboxylic acids is 4. The first-order valence-electron chi connectivity index (χ1n) is 11.5. The highest BCUT2D eigenvalue weighted by Crippen LogP contribution is 2.31. The summed E-state index contributed by atoms with van der Waals surface area (Å²) in [7, 11) is 5.22. The molecule has 0 saturated carbocycles. The minimum Gasteiger partial charge on any atom is -0.467 e. The predicted molar refractivity (Wildman–Crippen MR) is 143 cm³/mol. The molecule has 10 nitrogen and oxygen atoms in total. The summed E-state index contributed by atoms with van der Waals surface area (Å²) in [5.74, 6) is -0.876. The molecule has 0 unspecified atom stereocenters. The van der Waals surface area contributed by atoms with Crippen molar-refractivity contribution in [2.45, 2.75) is 38.0 Å². The van der Waals surface area contributed by atoms with Crippen molar-refractivity contribution in [1.82, 2.24) is 9.80 Å². The van der Waals surface area contributed by atoms with E-state index in [0.29, 0.717) is 25.9 Å². The Morgan fingerprint density at radius 3 is 1.34 bits per heavy atom. The fourth-order valence-corrected chi connectivity index (χ4v) is 5.60. The molecule has 0 N–H and O–H groups in total. The molecule has 12 heteroatoms. The van der Waals surface area contributed by atoms with Crippen LogP contribution in [0.1, 0.15) is 22.3 Å². The number of halogens is 2. The second-order valence-corrected chi connectivity index (χ2v) is 10.1. The van der Waals surface area contributed by atoms with E-state index in [2.05, 4.69) is 31.9 Å². The van der Waals surface area contributed by atoms with E-state index in [9.17, 15) is 19.2 Å². The number of hydrogen-bond acceptors (Lipinski definition) is 8. The first-order chi connectivity index (χ1) is 18.2. The maximum atomic E-state index is 11.8. The smallest absolute Gasteiger partial charge is 0.410 e. The second-order valence-electron chi connectivity index (χ2n) is 8.44. The lowest BCUT2D eigenvalue weighted by atomic mass is 9.94. The Balaban J connectivity index is 0.000000211. The van der Waals surface area contributed by atoms with Crippen LogP contribution in [0.3, 0.4) is 0 Å². The van der Waals surface area contributed by atoms with Gasteiger partial charge in [-0.2, -0.15) is 0 Å². The molecule has 2 aliphatic heterocycles. The average molecular weight is 656 g/mol. The van der Waals surface area contributed by atoms with E-state index < -0.39 is 36.2 Å². The van der Waals surface area contributed by atoms with Gasteiger partial charge in [-0.25, -0.2) is 19.2 Å². The second kappa shape index (κ2) is 13.1. The van der Waals surface area contributed by atoms with Crippen LogP contribution in [0.5, 0.6) is 0 Å². The zero-order chi connectivity index (χ0) is 28.0. The van der Waals surface area contributed by atoms with Crippen LogP contribution in [0.15, 0.2) is 45.3 Å². The molecule has 2 amide bonds. The molecule has 2 aromatic carbocycles. The van der Waals surface area contributed by atoms with E-state index >= 15 is 0 Å². The van der Waals surface area contributed by atoms with Crippen molar-refractivity contribution >= 4 is 56.0 Å². The molecule has 0 fully saturated rings. The monoisotopic (exact) mass is 654 g/mol. The number of benzene rings is 2. The van der Waals surface area contributed by atoms with Crippen molar-refractivity contribution in [3.8, 4) is 0 Å². The molecule has 0 spiro atoms. The Morgan fingerprint density at radius 2 is 1.03 bits per heavy atom. The van der Waals surface area contributed by atoms with Gasteiger partial charge in [0.1, 0.15) is 12.1 Å². The number of amides is 2. The van der Waals surface area contributed by atoms with Crippen molar-refractivity contribution in [2.24, 2.45) is 0 Å². The minimum atomic E-state index is -0.649. The Hall–Kier alpha value is -3.12. The highest BCUT2D eigenvalue weighted by Gasteiger charge is 2.37. The lowest BCUT2D eigenvalue weighted by Gasteiger charge is -2.34. The lowest BCUT2D eigenvalue weighted by Crippen LogP contribution is -2.49. The molecule has 0 bridgehead atoms. The first-order valence-corrected chi connectivity index (χ1v) is 13.1. The number of carbonyl (C=O) groups is 4. The largest absolute Gasteiger partial charge is 0.467 e. The number of rotatable bonds is 2. The summed E-state index contributed by atoms with van der Waals surface area (Å²) in [6.07, 6.45) is -0.223. The molecular weight excluding hydrogens is 628 g/mol. The Morgan fingerprint density at radius 1 is 0.658 bits per heavy atom. The molecular formula is C26H28Br2N2O8. The van der Waals surface area contributed by atoms with Crippen molar-refractivity contribution in [3.05, 3.63) is 67.6 Å². The lowest BCUT2D eigenvalue weighted by molar-refractivity contribution is -0.147. The summed E-state index contributed by atoms with van der Waals surface area (Å²) in [6.45, 7) is 0.669. The summed E-state index contributed by atoms with van der Waals surface area (Å²) < 4.78 is 20.9. The Bertz CT molecular complexity index is 1130. The number of methoxy groups -OCH3 is 4. The quantitative estimate of drug-likeness (QED) is 0.349. The predicted octanol–water partition coefficient (Wildman–Crippen LogP) is 4.23. The first kappa shape index (κ1) is 29.4. The molecule has 2 aliphatic rings. The van der Waals surface area contributed by atoms with Crippen LogP contribution >= 0.6 is 31.9 Å². The number of fused-ring (bicyclic) bond motifs is 2.